The molecule has 0 heterocycles. The number of nitrogens with zero attached hydrogens (tertiary/aromatic N) is 1. The van der Waals surface area contributed by atoms with Gasteiger partial charge in [-0.25, -0.2) is 4.79 Å². The van der Waals surface area contributed by atoms with E-state index in [4.69, 9.17) is 16.2 Å². The second kappa shape index (κ2) is 12.0. The lowest BCUT2D eigenvalue weighted by Gasteiger charge is -2.17. The molecule has 5 N–H and O–H groups in total. The Morgan fingerprint density at radius 1 is 1.19 bits per heavy atom. The van der Waals surface area contributed by atoms with Crippen LogP contribution in [0, 0.1) is 0 Å². The van der Waals surface area contributed by atoms with Gasteiger partial charge in [-0.05, 0) is 26.2 Å². The SMILES string of the molecule is CCCCCC(=O)N[C@@H](CCCN=C(N)N)C(=O)OCC. The Morgan fingerprint density at radius 3 is 2.48 bits per heavy atom. The van der Waals surface area contributed by atoms with E-state index in [0.717, 1.165) is 19.3 Å². The molecule has 0 unspecified atom stereocenters. The molecule has 1 amide bonds. The van der Waals surface area contributed by atoms with Crippen molar-refractivity contribution in [3.63, 3.8) is 0 Å². The van der Waals surface area contributed by atoms with Crippen LogP contribution in [0.3, 0.4) is 0 Å². The highest BCUT2D eigenvalue weighted by atomic mass is 16.5. The lowest BCUT2D eigenvalue weighted by atomic mass is 10.1. The molecular weight excluding hydrogens is 272 g/mol. The molecule has 0 saturated carbocycles. The minimum Gasteiger partial charge on any atom is -0.464 e. The number of unbranched alkanes of at least 4 members (excludes halogenated alkanes) is 2. The van der Waals surface area contributed by atoms with E-state index in [9.17, 15) is 9.59 Å². The van der Waals surface area contributed by atoms with Gasteiger partial charge in [-0.1, -0.05) is 19.8 Å². The zero-order chi connectivity index (χ0) is 16.1. The van der Waals surface area contributed by atoms with E-state index in [2.05, 4.69) is 17.2 Å². The topological polar surface area (TPSA) is 120 Å². The predicted molar refractivity (Wildman–Crippen MR) is 82.6 cm³/mol. The minimum atomic E-state index is -0.631. The average Bonchev–Trinajstić information content (AvgIpc) is 2.42. The standard InChI is InChI=1S/C14H28N4O3/c1-3-5-6-9-12(19)18-11(13(20)21-4-2)8-7-10-17-14(15)16/h11H,3-10H2,1-2H3,(H,18,19)(H4,15,16,17)/t11-/m0/s1. The van der Waals surface area contributed by atoms with Crippen LogP contribution in [0.15, 0.2) is 4.99 Å². The van der Waals surface area contributed by atoms with Gasteiger partial charge in [-0.3, -0.25) is 9.79 Å². The first-order valence-corrected chi connectivity index (χ1v) is 7.52. The Kier molecular flexibility index (Phi) is 11.0. The Labute approximate surface area is 126 Å². The fourth-order valence-corrected chi connectivity index (χ4v) is 1.80. The summed E-state index contributed by atoms with van der Waals surface area (Å²) in [6.45, 7) is 4.51. The molecule has 0 aromatic carbocycles. The van der Waals surface area contributed by atoms with Gasteiger partial charge in [0.05, 0.1) is 6.61 Å². The van der Waals surface area contributed by atoms with Gasteiger partial charge in [0.15, 0.2) is 5.96 Å². The van der Waals surface area contributed by atoms with Crippen molar-refractivity contribution in [2.24, 2.45) is 16.5 Å². The van der Waals surface area contributed by atoms with Gasteiger partial charge in [0.1, 0.15) is 6.04 Å². The molecule has 0 rings (SSSR count). The van der Waals surface area contributed by atoms with Crippen molar-refractivity contribution in [2.75, 3.05) is 13.2 Å². The first-order chi connectivity index (χ1) is 10.0. The van der Waals surface area contributed by atoms with Crippen LogP contribution in [0.2, 0.25) is 0 Å². The summed E-state index contributed by atoms with van der Waals surface area (Å²) in [5, 5.41) is 2.72. The molecule has 0 bridgehead atoms. The molecule has 1 atom stereocenters. The number of carbonyl (C=O) groups excluding carboxylic acids is 2. The van der Waals surface area contributed by atoms with Crippen LogP contribution in [-0.2, 0) is 14.3 Å². The zero-order valence-corrected chi connectivity index (χ0v) is 13.1. The highest BCUT2D eigenvalue weighted by molar-refractivity contribution is 5.84. The number of nitrogens with two attached hydrogens (primary N) is 2. The maximum Gasteiger partial charge on any atom is 0.328 e. The van der Waals surface area contributed by atoms with Crippen molar-refractivity contribution >= 4 is 17.8 Å². The summed E-state index contributed by atoms with van der Waals surface area (Å²) in [6.07, 6.45) is 4.35. The van der Waals surface area contributed by atoms with Crippen molar-refractivity contribution in [1.29, 1.82) is 0 Å². The molecule has 0 fully saturated rings. The lowest BCUT2D eigenvalue weighted by Crippen LogP contribution is -2.42. The lowest BCUT2D eigenvalue weighted by molar-refractivity contribution is -0.147. The molecule has 0 radical (unpaired) electrons. The normalized spacial score (nSPS) is 11.5. The van der Waals surface area contributed by atoms with E-state index in [1.54, 1.807) is 6.92 Å². The Hall–Kier alpha value is -1.79. The second-order valence-electron chi connectivity index (χ2n) is 4.78. The number of hydrogen-bond acceptors (Lipinski definition) is 4. The summed E-state index contributed by atoms with van der Waals surface area (Å²) < 4.78 is 4.97. The third kappa shape index (κ3) is 10.6. The summed E-state index contributed by atoms with van der Waals surface area (Å²) in [7, 11) is 0. The highest BCUT2D eigenvalue weighted by Gasteiger charge is 2.21. The van der Waals surface area contributed by atoms with Crippen molar-refractivity contribution in [1.82, 2.24) is 5.32 Å². The van der Waals surface area contributed by atoms with Gasteiger partial charge in [0.25, 0.3) is 0 Å². The fourth-order valence-electron chi connectivity index (χ4n) is 1.80. The first-order valence-electron chi connectivity index (χ1n) is 7.52. The number of aliphatic imine (C=N–C) groups is 1. The molecular formula is C14H28N4O3. The smallest absolute Gasteiger partial charge is 0.328 e. The molecule has 122 valence electrons. The number of guanidine groups is 1. The number of nitrogens with one attached hydrogen (secondary N) is 1. The fraction of sp³-hybridized carbons (Fsp3) is 0.786. The van der Waals surface area contributed by atoms with E-state index in [1.807, 2.05) is 0 Å². The second-order valence-corrected chi connectivity index (χ2v) is 4.78. The van der Waals surface area contributed by atoms with Gasteiger partial charge < -0.3 is 21.5 Å². The summed E-state index contributed by atoms with van der Waals surface area (Å²) >= 11 is 0. The summed E-state index contributed by atoms with van der Waals surface area (Å²) in [5.41, 5.74) is 10.5. The molecule has 21 heavy (non-hydrogen) atoms. The number of ether oxygens (including phenoxy) is 1. The van der Waals surface area contributed by atoms with Crippen LogP contribution in [-0.4, -0.2) is 37.0 Å². The molecule has 0 aliphatic rings. The monoisotopic (exact) mass is 300 g/mol. The maximum absolute atomic E-state index is 11.8. The van der Waals surface area contributed by atoms with Crippen molar-refractivity contribution in [3.8, 4) is 0 Å². The van der Waals surface area contributed by atoms with Crippen LogP contribution >= 0.6 is 0 Å². The van der Waals surface area contributed by atoms with Gasteiger partial charge >= 0.3 is 5.97 Å². The molecule has 0 aromatic rings. The molecule has 0 aliphatic carbocycles. The molecule has 7 heteroatoms. The number of esters is 1. The largest absolute Gasteiger partial charge is 0.464 e. The zero-order valence-electron chi connectivity index (χ0n) is 13.1. The van der Waals surface area contributed by atoms with Crippen LogP contribution in [0.1, 0.15) is 52.4 Å². The minimum absolute atomic E-state index is 0.0197. The van der Waals surface area contributed by atoms with Gasteiger partial charge in [-0.2, -0.15) is 0 Å². The molecule has 0 aromatic heterocycles. The molecule has 0 spiro atoms. The van der Waals surface area contributed by atoms with E-state index in [1.165, 1.54) is 0 Å². The van der Waals surface area contributed by atoms with E-state index < -0.39 is 12.0 Å². The number of carbonyl (C=O) groups is 2. The Bertz CT molecular complexity index is 341. The molecule has 7 nitrogen and oxygen atoms in total. The predicted octanol–water partition coefficient (Wildman–Crippen LogP) is 0.668. The third-order valence-electron chi connectivity index (χ3n) is 2.86. The number of amides is 1. The van der Waals surface area contributed by atoms with Crippen molar-refractivity contribution in [2.45, 2.75) is 58.4 Å². The highest BCUT2D eigenvalue weighted by Crippen LogP contribution is 2.04. The van der Waals surface area contributed by atoms with Gasteiger partial charge in [0, 0.05) is 13.0 Å². The first kappa shape index (κ1) is 19.2. The Morgan fingerprint density at radius 2 is 1.90 bits per heavy atom. The molecule has 0 aliphatic heterocycles. The van der Waals surface area contributed by atoms with E-state index in [0.29, 0.717) is 25.8 Å². The number of hydrogen-bond donors (Lipinski definition) is 3. The van der Waals surface area contributed by atoms with Crippen molar-refractivity contribution in [3.05, 3.63) is 0 Å². The third-order valence-corrected chi connectivity index (χ3v) is 2.86. The van der Waals surface area contributed by atoms with Crippen LogP contribution in [0.25, 0.3) is 0 Å². The Balaban J connectivity index is 4.28. The van der Waals surface area contributed by atoms with Crippen LogP contribution in [0.5, 0.6) is 0 Å². The summed E-state index contributed by atoms with van der Waals surface area (Å²) in [5.74, 6) is -0.513. The maximum atomic E-state index is 11.8. The van der Waals surface area contributed by atoms with Gasteiger partial charge in [-0.15, -0.1) is 0 Å². The van der Waals surface area contributed by atoms with Crippen LogP contribution in [0.4, 0.5) is 0 Å². The molecule has 0 saturated heterocycles. The van der Waals surface area contributed by atoms with Gasteiger partial charge in [0.2, 0.25) is 5.91 Å². The van der Waals surface area contributed by atoms with E-state index in [-0.39, 0.29) is 18.5 Å². The van der Waals surface area contributed by atoms with Crippen LogP contribution < -0.4 is 16.8 Å². The average molecular weight is 300 g/mol. The quantitative estimate of drug-likeness (QED) is 0.224. The summed E-state index contributed by atoms with van der Waals surface area (Å²) in [4.78, 5) is 27.5. The van der Waals surface area contributed by atoms with E-state index >= 15 is 0 Å². The summed E-state index contributed by atoms with van der Waals surface area (Å²) in [6, 6.07) is -0.631. The van der Waals surface area contributed by atoms with Crippen molar-refractivity contribution < 1.29 is 14.3 Å². The number of rotatable bonds is 11.